The molecule has 0 aliphatic heterocycles. The molecule has 0 radical (unpaired) electrons. The second-order valence-corrected chi connectivity index (χ2v) is 5.22. The van der Waals surface area contributed by atoms with E-state index in [1.807, 2.05) is 0 Å². The standard InChI is InChI=1S/C7H11ClO5S/c1-4(14(11,12)13)3-6(8)5(2)7(9)10/h4,6H,2-3H2,1H3,(H,9,10)(H,11,12,13). The number of aliphatic carboxylic acids is 1. The van der Waals surface area contributed by atoms with Gasteiger partial charge in [-0.3, -0.25) is 4.55 Å². The molecule has 0 fully saturated rings. The number of hydrogen-bond donors (Lipinski definition) is 2. The zero-order valence-electron chi connectivity index (χ0n) is 7.47. The summed E-state index contributed by atoms with van der Waals surface area (Å²) in [4.78, 5) is 10.4. The van der Waals surface area contributed by atoms with Gasteiger partial charge in [0, 0.05) is 5.57 Å². The first-order chi connectivity index (χ1) is 6.16. The van der Waals surface area contributed by atoms with Crippen molar-refractivity contribution in [3.05, 3.63) is 12.2 Å². The van der Waals surface area contributed by atoms with Crippen molar-refractivity contribution in [2.45, 2.75) is 24.0 Å². The van der Waals surface area contributed by atoms with Crippen LogP contribution in [0.25, 0.3) is 0 Å². The minimum atomic E-state index is -4.18. The molecule has 0 heterocycles. The lowest BCUT2D eigenvalue weighted by molar-refractivity contribution is -0.132. The van der Waals surface area contributed by atoms with Gasteiger partial charge in [-0.2, -0.15) is 8.42 Å². The van der Waals surface area contributed by atoms with Crippen LogP contribution < -0.4 is 0 Å². The smallest absolute Gasteiger partial charge is 0.332 e. The third-order valence-corrected chi connectivity index (χ3v) is 3.35. The average Bonchev–Trinajstić information content (AvgIpc) is 2.00. The Morgan fingerprint density at radius 3 is 2.29 bits per heavy atom. The number of rotatable bonds is 5. The summed E-state index contributed by atoms with van der Waals surface area (Å²) in [5.41, 5.74) is -0.290. The predicted octanol–water partition coefficient (Wildman–Crippen LogP) is 0.901. The van der Waals surface area contributed by atoms with Crippen molar-refractivity contribution in [2.24, 2.45) is 0 Å². The normalized spacial score (nSPS) is 15.9. The molecule has 0 aliphatic carbocycles. The maximum atomic E-state index is 10.6. The van der Waals surface area contributed by atoms with Gasteiger partial charge in [0.25, 0.3) is 10.1 Å². The van der Waals surface area contributed by atoms with Gasteiger partial charge >= 0.3 is 5.97 Å². The zero-order valence-corrected chi connectivity index (χ0v) is 9.05. The minimum Gasteiger partial charge on any atom is -0.478 e. The molecule has 82 valence electrons. The van der Waals surface area contributed by atoms with E-state index in [1.165, 1.54) is 6.92 Å². The lowest BCUT2D eigenvalue weighted by atomic mass is 10.1. The van der Waals surface area contributed by atoms with Crippen LogP contribution in [0.15, 0.2) is 12.2 Å². The molecule has 5 nitrogen and oxygen atoms in total. The van der Waals surface area contributed by atoms with Crippen LogP contribution in [-0.4, -0.2) is 34.7 Å². The summed E-state index contributed by atoms with van der Waals surface area (Å²) in [5, 5.41) is 6.35. The number of alkyl halides is 1. The van der Waals surface area contributed by atoms with E-state index in [4.69, 9.17) is 21.3 Å². The van der Waals surface area contributed by atoms with Gasteiger partial charge in [0.1, 0.15) is 0 Å². The second kappa shape index (κ2) is 4.77. The summed E-state index contributed by atoms with van der Waals surface area (Å²) in [7, 11) is -4.18. The topological polar surface area (TPSA) is 91.7 Å². The fraction of sp³-hybridized carbons (Fsp3) is 0.571. The molecule has 0 aliphatic rings. The molecule has 0 amide bonds. The number of hydrogen-bond acceptors (Lipinski definition) is 3. The van der Waals surface area contributed by atoms with Crippen LogP contribution in [0.3, 0.4) is 0 Å². The first kappa shape index (κ1) is 13.4. The van der Waals surface area contributed by atoms with Crippen molar-refractivity contribution >= 4 is 27.7 Å². The maximum absolute atomic E-state index is 10.6. The van der Waals surface area contributed by atoms with Crippen LogP contribution in [-0.2, 0) is 14.9 Å². The van der Waals surface area contributed by atoms with E-state index in [-0.39, 0.29) is 12.0 Å². The van der Waals surface area contributed by atoms with Crippen LogP contribution in [0, 0.1) is 0 Å². The van der Waals surface area contributed by atoms with Gasteiger partial charge in [-0.15, -0.1) is 11.6 Å². The summed E-state index contributed by atoms with van der Waals surface area (Å²) in [6, 6.07) is 0. The van der Waals surface area contributed by atoms with Gasteiger partial charge in [-0.05, 0) is 13.3 Å². The number of carboxylic acid groups (broad SMARTS) is 1. The quantitative estimate of drug-likeness (QED) is 0.425. The van der Waals surface area contributed by atoms with Crippen LogP contribution in [0.5, 0.6) is 0 Å². The molecule has 0 saturated carbocycles. The highest BCUT2D eigenvalue weighted by Gasteiger charge is 2.24. The molecule has 2 unspecified atom stereocenters. The van der Waals surface area contributed by atoms with E-state index in [0.29, 0.717) is 0 Å². The maximum Gasteiger partial charge on any atom is 0.332 e. The predicted molar refractivity (Wildman–Crippen MR) is 52.0 cm³/mol. The summed E-state index contributed by atoms with van der Waals surface area (Å²) < 4.78 is 29.7. The van der Waals surface area contributed by atoms with Crippen molar-refractivity contribution in [2.75, 3.05) is 0 Å². The van der Waals surface area contributed by atoms with E-state index in [2.05, 4.69) is 6.58 Å². The fourth-order valence-electron chi connectivity index (χ4n) is 0.689. The summed E-state index contributed by atoms with van der Waals surface area (Å²) in [6.07, 6.45) is -0.189. The Kier molecular flexibility index (Phi) is 4.57. The molecule has 2 atom stereocenters. The van der Waals surface area contributed by atoms with Gasteiger partial charge in [0.2, 0.25) is 0 Å². The van der Waals surface area contributed by atoms with Crippen molar-refractivity contribution in [3.8, 4) is 0 Å². The van der Waals surface area contributed by atoms with Gasteiger partial charge in [-0.25, -0.2) is 4.79 Å². The van der Waals surface area contributed by atoms with Crippen molar-refractivity contribution in [1.29, 1.82) is 0 Å². The Hall–Kier alpha value is -0.590. The summed E-state index contributed by atoms with van der Waals surface area (Å²) in [5.74, 6) is -1.28. The number of carboxylic acids is 1. The van der Waals surface area contributed by atoms with Gasteiger partial charge < -0.3 is 5.11 Å². The molecule has 14 heavy (non-hydrogen) atoms. The van der Waals surface area contributed by atoms with Gasteiger partial charge in [-0.1, -0.05) is 6.58 Å². The Bertz CT molecular complexity index is 334. The van der Waals surface area contributed by atoms with E-state index in [9.17, 15) is 13.2 Å². The number of carbonyl (C=O) groups is 1. The molecule has 0 bridgehead atoms. The SMILES string of the molecule is C=C(C(=O)O)C(Cl)CC(C)S(=O)(=O)O. The molecular formula is C7H11ClO5S. The highest BCUT2D eigenvalue weighted by molar-refractivity contribution is 7.86. The Morgan fingerprint density at radius 2 is 2.00 bits per heavy atom. The minimum absolute atomic E-state index is 0.189. The lowest BCUT2D eigenvalue weighted by Crippen LogP contribution is -2.23. The van der Waals surface area contributed by atoms with E-state index in [0.717, 1.165) is 0 Å². The van der Waals surface area contributed by atoms with Crippen molar-refractivity contribution in [3.63, 3.8) is 0 Å². The zero-order chi connectivity index (χ0) is 11.5. The third-order valence-electron chi connectivity index (χ3n) is 1.70. The van der Waals surface area contributed by atoms with Gasteiger partial charge in [0.05, 0.1) is 10.6 Å². The molecule has 0 aromatic carbocycles. The average molecular weight is 243 g/mol. The fourth-order valence-corrected chi connectivity index (χ4v) is 1.59. The molecule has 0 rings (SSSR count). The first-order valence-corrected chi connectivity index (χ1v) is 5.62. The monoisotopic (exact) mass is 242 g/mol. The molecule has 7 heteroatoms. The second-order valence-electron chi connectivity index (χ2n) is 2.86. The molecular weight excluding hydrogens is 232 g/mol. The van der Waals surface area contributed by atoms with Crippen molar-refractivity contribution < 1.29 is 22.9 Å². The lowest BCUT2D eigenvalue weighted by Gasteiger charge is -2.12. The Morgan fingerprint density at radius 1 is 1.57 bits per heavy atom. The van der Waals surface area contributed by atoms with Crippen LogP contribution in [0.2, 0.25) is 0 Å². The summed E-state index contributed by atoms with van der Waals surface area (Å²) in [6.45, 7) is 4.42. The molecule has 0 aromatic heterocycles. The van der Waals surface area contributed by atoms with Crippen molar-refractivity contribution in [1.82, 2.24) is 0 Å². The largest absolute Gasteiger partial charge is 0.478 e. The first-order valence-electron chi connectivity index (χ1n) is 3.68. The van der Waals surface area contributed by atoms with E-state index < -0.39 is 26.7 Å². The number of halogens is 1. The van der Waals surface area contributed by atoms with Crippen LogP contribution >= 0.6 is 11.6 Å². The molecule has 0 saturated heterocycles. The van der Waals surface area contributed by atoms with E-state index in [1.54, 1.807) is 0 Å². The molecule has 0 aromatic rings. The summed E-state index contributed by atoms with van der Waals surface area (Å²) >= 11 is 5.57. The van der Waals surface area contributed by atoms with Crippen LogP contribution in [0.1, 0.15) is 13.3 Å². The van der Waals surface area contributed by atoms with E-state index >= 15 is 0 Å². The van der Waals surface area contributed by atoms with Gasteiger partial charge in [0.15, 0.2) is 0 Å². The molecule has 0 spiro atoms. The van der Waals surface area contributed by atoms with Crippen LogP contribution in [0.4, 0.5) is 0 Å². The highest BCUT2D eigenvalue weighted by atomic mass is 35.5. The highest BCUT2D eigenvalue weighted by Crippen LogP contribution is 2.17. The molecule has 2 N–H and O–H groups in total. The third kappa shape index (κ3) is 4.08. The Labute approximate surface area is 87.1 Å². The Balaban J connectivity index is 4.42.